The first-order valence-electron chi connectivity index (χ1n) is 6.25. The summed E-state index contributed by atoms with van der Waals surface area (Å²) in [5, 5.41) is 3.35. The third-order valence-electron chi connectivity index (χ3n) is 2.91. The normalized spacial score (nSPS) is 13.0. The first-order valence-corrected chi connectivity index (χ1v) is 8.24. The van der Waals surface area contributed by atoms with Gasteiger partial charge >= 0.3 is 0 Å². The minimum absolute atomic E-state index is 0.114. The van der Waals surface area contributed by atoms with Crippen LogP contribution in [0.3, 0.4) is 0 Å². The van der Waals surface area contributed by atoms with Gasteiger partial charge in [0.2, 0.25) is 0 Å². The van der Waals surface area contributed by atoms with Crippen LogP contribution in [0.5, 0.6) is 11.5 Å². The number of carbonyl (C=O) groups is 1. The molecule has 1 aliphatic rings. The van der Waals surface area contributed by atoms with E-state index in [1.807, 2.05) is 12.1 Å². The summed E-state index contributed by atoms with van der Waals surface area (Å²) < 4.78 is 11.9. The van der Waals surface area contributed by atoms with Crippen LogP contribution < -0.4 is 14.8 Å². The molecule has 2 heterocycles. The average Bonchev–Trinajstić information content (AvgIpc) is 2.91. The summed E-state index contributed by atoms with van der Waals surface area (Å²) in [6, 6.07) is 7.24. The Morgan fingerprint density at radius 3 is 2.90 bits per heavy atom. The number of fused-ring (bicyclic) bond motifs is 1. The summed E-state index contributed by atoms with van der Waals surface area (Å²) in [4.78, 5) is 12.7. The molecule has 1 aliphatic heterocycles. The van der Waals surface area contributed by atoms with Crippen LogP contribution in [0.4, 0.5) is 0 Å². The molecule has 0 spiro atoms. The third-order valence-corrected chi connectivity index (χ3v) is 4.81. The van der Waals surface area contributed by atoms with E-state index >= 15 is 0 Å². The topological polar surface area (TPSA) is 47.6 Å². The van der Waals surface area contributed by atoms with Crippen molar-refractivity contribution in [3.05, 3.63) is 43.5 Å². The molecule has 0 radical (unpaired) electrons. The zero-order valence-electron chi connectivity index (χ0n) is 10.8. The van der Waals surface area contributed by atoms with Crippen molar-refractivity contribution < 1.29 is 14.3 Å². The van der Waals surface area contributed by atoms with Crippen molar-refractivity contribution in [1.29, 1.82) is 0 Å². The van der Waals surface area contributed by atoms with E-state index in [4.69, 9.17) is 21.1 Å². The van der Waals surface area contributed by atoms with Crippen molar-refractivity contribution in [3.63, 3.8) is 0 Å². The van der Waals surface area contributed by atoms with Crippen molar-refractivity contribution >= 4 is 44.8 Å². The lowest BCUT2D eigenvalue weighted by Crippen LogP contribution is -2.22. The Morgan fingerprint density at radius 1 is 1.33 bits per heavy atom. The Morgan fingerprint density at radius 2 is 2.14 bits per heavy atom. The second-order valence-corrected chi connectivity index (χ2v) is 7.26. The second kappa shape index (κ2) is 6.25. The van der Waals surface area contributed by atoms with Crippen molar-refractivity contribution in [2.75, 3.05) is 13.2 Å². The number of benzene rings is 1. The molecule has 2 aromatic rings. The molecule has 0 atom stereocenters. The fourth-order valence-electron chi connectivity index (χ4n) is 1.97. The van der Waals surface area contributed by atoms with Crippen molar-refractivity contribution in [2.24, 2.45) is 0 Å². The lowest BCUT2D eigenvalue weighted by molar-refractivity contribution is 0.0955. The van der Waals surface area contributed by atoms with Gasteiger partial charge in [0, 0.05) is 6.54 Å². The molecule has 0 bridgehead atoms. The number of nitrogens with one attached hydrogen (secondary N) is 1. The van der Waals surface area contributed by atoms with Crippen molar-refractivity contribution in [1.82, 2.24) is 5.32 Å². The van der Waals surface area contributed by atoms with Gasteiger partial charge in [-0.1, -0.05) is 11.6 Å². The molecule has 0 saturated heterocycles. The van der Waals surface area contributed by atoms with Gasteiger partial charge in [-0.05, 0) is 45.8 Å². The van der Waals surface area contributed by atoms with Gasteiger partial charge in [-0.25, -0.2) is 0 Å². The zero-order valence-corrected chi connectivity index (χ0v) is 14.0. The Balaban J connectivity index is 1.71. The van der Waals surface area contributed by atoms with Crippen LogP contribution >= 0.6 is 38.9 Å². The fraction of sp³-hybridized carbons (Fsp3) is 0.214. The van der Waals surface area contributed by atoms with E-state index in [9.17, 15) is 4.79 Å². The van der Waals surface area contributed by atoms with Gasteiger partial charge in [-0.15, -0.1) is 11.3 Å². The van der Waals surface area contributed by atoms with Crippen LogP contribution in [-0.2, 0) is 6.54 Å². The largest absolute Gasteiger partial charge is 0.486 e. The van der Waals surface area contributed by atoms with Crippen LogP contribution in [-0.4, -0.2) is 19.1 Å². The molecule has 0 saturated carbocycles. The lowest BCUT2D eigenvalue weighted by atomic mass is 10.2. The number of hydrogen-bond acceptors (Lipinski definition) is 4. The molecular weight excluding hydrogens is 378 g/mol. The molecule has 21 heavy (non-hydrogen) atoms. The monoisotopic (exact) mass is 387 g/mol. The average molecular weight is 389 g/mol. The van der Waals surface area contributed by atoms with Crippen LogP contribution in [0.25, 0.3) is 0 Å². The molecule has 0 aliphatic carbocycles. The Kier molecular flexibility index (Phi) is 4.37. The van der Waals surface area contributed by atoms with Crippen LogP contribution in [0.1, 0.15) is 15.2 Å². The van der Waals surface area contributed by atoms with E-state index in [2.05, 4.69) is 21.2 Å². The van der Waals surface area contributed by atoms with Crippen LogP contribution in [0.2, 0.25) is 5.02 Å². The molecule has 110 valence electrons. The minimum Gasteiger partial charge on any atom is -0.486 e. The summed E-state index contributed by atoms with van der Waals surface area (Å²) in [5.41, 5.74) is 0.869. The highest BCUT2D eigenvalue weighted by atomic mass is 79.9. The van der Waals surface area contributed by atoms with E-state index < -0.39 is 0 Å². The Labute approximate surface area is 139 Å². The molecule has 1 aromatic carbocycles. The van der Waals surface area contributed by atoms with Crippen molar-refractivity contribution in [3.8, 4) is 11.5 Å². The molecule has 4 nitrogen and oxygen atoms in total. The van der Waals surface area contributed by atoms with E-state index in [0.717, 1.165) is 9.35 Å². The molecule has 0 fully saturated rings. The smallest absolute Gasteiger partial charge is 0.261 e. The Hall–Kier alpha value is -1.24. The number of thiophene rings is 1. The number of halogens is 2. The lowest BCUT2D eigenvalue weighted by Gasteiger charge is -2.20. The maximum atomic E-state index is 12.0. The first-order chi connectivity index (χ1) is 10.1. The van der Waals surface area contributed by atoms with Crippen LogP contribution in [0.15, 0.2) is 28.1 Å². The molecule has 1 N–H and O–H groups in total. The van der Waals surface area contributed by atoms with E-state index in [1.54, 1.807) is 12.1 Å². The molecule has 7 heteroatoms. The highest BCUT2D eigenvalue weighted by Crippen LogP contribution is 2.38. The molecule has 3 rings (SSSR count). The van der Waals surface area contributed by atoms with Crippen LogP contribution in [0, 0.1) is 0 Å². The SMILES string of the molecule is O=C(NCc1cc(Cl)c2c(c1)OCCO2)c1ccc(Br)s1. The standard InChI is InChI=1S/C14H11BrClNO3S/c15-12-2-1-11(21-12)14(18)17-7-8-5-9(16)13-10(6-8)19-3-4-20-13/h1-2,5-6H,3-4,7H2,(H,17,18). The maximum absolute atomic E-state index is 12.0. The number of rotatable bonds is 3. The third kappa shape index (κ3) is 3.33. The van der Waals surface area contributed by atoms with Gasteiger partial charge in [0.15, 0.2) is 11.5 Å². The maximum Gasteiger partial charge on any atom is 0.261 e. The fourth-order valence-corrected chi connectivity index (χ4v) is 3.56. The summed E-state index contributed by atoms with van der Waals surface area (Å²) in [6.07, 6.45) is 0. The van der Waals surface area contributed by atoms with E-state index in [0.29, 0.717) is 41.2 Å². The predicted octanol–water partition coefficient (Wildman–Crippen LogP) is 3.87. The van der Waals surface area contributed by atoms with Crippen molar-refractivity contribution in [2.45, 2.75) is 6.54 Å². The number of hydrogen-bond donors (Lipinski definition) is 1. The number of carbonyl (C=O) groups excluding carboxylic acids is 1. The summed E-state index contributed by atoms with van der Waals surface area (Å²) >= 11 is 10.9. The second-order valence-electron chi connectivity index (χ2n) is 4.39. The summed E-state index contributed by atoms with van der Waals surface area (Å²) in [7, 11) is 0. The van der Waals surface area contributed by atoms with Gasteiger partial charge in [0.25, 0.3) is 5.91 Å². The summed E-state index contributed by atoms with van der Waals surface area (Å²) in [5.74, 6) is 1.08. The molecular formula is C14H11BrClNO3S. The van der Waals surface area contributed by atoms with Gasteiger partial charge in [-0.3, -0.25) is 4.79 Å². The predicted molar refractivity (Wildman–Crippen MR) is 85.6 cm³/mol. The number of amides is 1. The Bertz CT molecular complexity index is 689. The zero-order chi connectivity index (χ0) is 14.8. The highest BCUT2D eigenvalue weighted by Gasteiger charge is 2.17. The number of ether oxygens (including phenoxy) is 2. The quantitative estimate of drug-likeness (QED) is 0.868. The van der Waals surface area contributed by atoms with Gasteiger partial charge in [0.05, 0.1) is 13.7 Å². The van der Waals surface area contributed by atoms with Gasteiger partial charge in [0.1, 0.15) is 13.2 Å². The van der Waals surface area contributed by atoms with E-state index in [-0.39, 0.29) is 5.91 Å². The molecule has 1 aromatic heterocycles. The molecule has 1 amide bonds. The first kappa shape index (κ1) is 14.7. The summed E-state index contributed by atoms with van der Waals surface area (Å²) in [6.45, 7) is 1.38. The molecule has 0 unspecified atom stereocenters. The van der Waals surface area contributed by atoms with E-state index in [1.165, 1.54) is 11.3 Å². The minimum atomic E-state index is -0.114. The van der Waals surface area contributed by atoms with Gasteiger partial charge < -0.3 is 14.8 Å². The highest BCUT2D eigenvalue weighted by molar-refractivity contribution is 9.11. The van der Waals surface area contributed by atoms with Gasteiger partial charge in [-0.2, -0.15) is 0 Å².